The summed E-state index contributed by atoms with van der Waals surface area (Å²) in [5.74, 6) is 1.40. The molecule has 0 aliphatic heterocycles. The van der Waals surface area contributed by atoms with E-state index >= 15 is 0 Å². The first-order chi connectivity index (χ1) is 17.4. The monoisotopic (exact) mass is 513 g/mol. The fourth-order valence-corrected chi connectivity index (χ4v) is 4.47. The molecule has 0 aliphatic rings. The number of anilines is 3. The number of amides is 1. The number of thioether (sulfide) groups is 1. The molecule has 0 bridgehead atoms. The Morgan fingerprint density at radius 3 is 2.08 bits per heavy atom. The smallest absolute Gasteiger partial charge is 0.237 e. The van der Waals surface area contributed by atoms with Crippen LogP contribution in [0.3, 0.4) is 0 Å². The van der Waals surface area contributed by atoms with Crippen LogP contribution in [-0.2, 0) is 4.79 Å². The molecule has 1 atom stereocenters. The van der Waals surface area contributed by atoms with Crippen molar-refractivity contribution < 1.29 is 9.53 Å². The number of ether oxygens (including phenoxy) is 1. The van der Waals surface area contributed by atoms with E-state index in [-0.39, 0.29) is 11.2 Å². The maximum Gasteiger partial charge on any atom is 0.237 e. The lowest BCUT2D eigenvalue weighted by atomic mass is 10.2. The van der Waals surface area contributed by atoms with Gasteiger partial charge in [0.2, 0.25) is 5.91 Å². The van der Waals surface area contributed by atoms with E-state index in [9.17, 15) is 4.79 Å². The van der Waals surface area contributed by atoms with Crippen molar-refractivity contribution in [2.24, 2.45) is 0 Å². The van der Waals surface area contributed by atoms with Gasteiger partial charge in [-0.05, 0) is 92.8 Å². The van der Waals surface area contributed by atoms with E-state index in [0.29, 0.717) is 10.9 Å². The Labute approximate surface area is 221 Å². The molecule has 0 radical (unpaired) electrons. The fourth-order valence-electron chi connectivity index (χ4n) is 3.31. The van der Waals surface area contributed by atoms with E-state index in [1.54, 1.807) is 0 Å². The van der Waals surface area contributed by atoms with E-state index in [1.165, 1.54) is 17.3 Å². The van der Waals surface area contributed by atoms with Gasteiger partial charge in [0.15, 0.2) is 5.11 Å². The minimum atomic E-state index is -0.293. The highest BCUT2D eigenvalue weighted by atomic mass is 32.2. The molecule has 0 spiro atoms. The second-order valence-corrected chi connectivity index (χ2v) is 9.98. The molecule has 7 heteroatoms. The highest BCUT2D eigenvalue weighted by molar-refractivity contribution is 8.00. The summed E-state index contributed by atoms with van der Waals surface area (Å²) in [5, 5.41) is 9.57. The van der Waals surface area contributed by atoms with Crippen molar-refractivity contribution in [3.05, 3.63) is 109 Å². The summed E-state index contributed by atoms with van der Waals surface area (Å²) in [6.07, 6.45) is 0. The number of nitrogens with one attached hydrogen (secondary N) is 3. The Kier molecular flexibility index (Phi) is 8.60. The molecular formula is C29H27N3O2S2. The van der Waals surface area contributed by atoms with Gasteiger partial charge >= 0.3 is 0 Å². The van der Waals surface area contributed by atoms with Gasteiger partial charge in [-0.25, -0.2) is 0 Å². The summed E-state index contributed by atoms with van der Waals surface area (Å²) in [4.78, 5) is 13.7. The first kappa shape index (κ1) is 25.3. The zero-order valence-electron chi connectivity index (χ0n) is 20.0. The molecule has 0 aromatic heterocycles. The van der Waals surface area contributed by atoms with Gasteiger partial charge in [-0.1, -0.05) is 42.0 Å². The van der Waals surface area contributed by atoms with Gasteiger partial charge in [0, 0.05) is 22.0 Å². The molecule has 4 rings (SSSR count). The lowest BCUT2D eigenvalue weighted by Gasteiger charge is -2.14. The van der Waals surface area contributed by atoms with Crippen molar-refractivity contribution in [3.63, 3.8) is 0 Å². The third-order valence-electron chi connectivity index (χ3n) is 5.18. The first-order valence-corrected chi connectivity index (χ1v) is 12.8. The first-order valence-electron chi connectivity index (χ1n) is 11.5. The molecule has 0 saturated heterocycles. The van der Waals surface area contributed by atoms with Crippen LogP contribution in [0, 0.1) is 6.92 Å². The average Bonchev–Trinajstić information content (AvgIpc) is 2.87. The number of carbonyl (C=O) groups excluding carboxylic acids is 1. The molecule has 36 heavy (non-hydrogen) atoms. The average molecular weight is 514 g/mol. The van der Waals surface area contributed by atoms with E-state index in [0.717, 1.165) is 27.7 Å². The van der Waals surface area contributed by atoms with Gasteiger partial charge in [-0.15, -0.1) is 11.8 Å². The molecule has 0 saturated carbocycles. The maximum atomic E-state index is 12.8. The van der Waals surface area contributed by atoms with Crippen LogP contribution in [0.5, 0.6) is 11.5 Å². The minimum Gasteiger partial charge on any atom is -0.457 e. The SMILES string of the molecule is Cc1ccc(NC(=S)Nc2cccc(SC(C)C(=O)Nc3ccc(Oc4ccccc4)cc3)c2)cc1. The summed E-state index contributed by atoms with van der Waals surface area (Å²) in [6.45, 7) is 3.93. The van der Waals surface area contributed by atoms with Crippen molar-refractivity contribution >= 4 is 52.1 Å². The molecule has 1 amide bonds. The predicted molar refractivity (Wildman–Crippen MR) is 154 cm³/mol. The molecule has 5 nitrogen and oxygen atoms in total. The molecule has 4 aromatic carbocycles. The summed E-state index contributed by atoms with van der Waals surface area (Å²) in [6, 6.07) is 32.8. The van der Waals surface area contributed by atoms with Crippen LogP contribution in [0.1, 0.15) is 12.5 Å². The second-order valence-electron chi connectivity index (χ2n) is 8.16. The standard InChI is InChI=1S/C29H27N3O2S2/c1-20-11-13-23(14-12-20)31-29(35)32-24-7-6-10-27(19-24)36-21(2)28(33)30-22-15-17-26(18-16-22)34-25-8-4-3-5-9-25/h3-19,21H,1-2H3,(H,30,33)(H2,31,32,35). The van der Waals surface area contributed by atoms with Gasteiger partial charge in [-0.3, -0.25) is 4.79 Å². The zero-order chi connectivity index (χ0) is 25.3. The Hall–Kier alpha value is -3.81. The summed E-state index contributed by atoms with van der Waals surface area (Å²) < 4.78 is 5.80. The van der Waals surface area contributed by atoms with Crippen molar-refractivity contribution in [1.29, 1.82) is 0 Å². The van der Waals surface area contributed by atoms with Gasteiger partial charge in [-0.2, -0.15) is 0 Å². The van der Waals surface area contributed by atoms with Crippen LogP contribution in [-0.4, -0.2) is 16.3 Å². The van der Waals surface area contributed by atoms with Crippen LogP contribution in [0.15, 0.2) is 108 Å². The molecule has 182 valence electrons. The highest BCUT2D eigenvalue weighted by Crippen LogP contribution is 2.28. The molecule has 0 heterocycles. The minimum absolute atomic E-state index is 0.0772. The molecule has 4 aromatic rings. The zero-order valence-corrected chi connectivity index (χ0v) is 21.7. The van der Waals surface area contributed by atoms with E-state index < -0.39 is 0 Å². The number of para-hydroxylation sites is 1. The Morgan fingerprint density at radius 2 is 1.36 bits per heavy atom. The van der Waals surface area contributed by atoms with Gasteiger partial charge in [0.05, 0.1) is 5.25 Å². The van der Waals surface area contributed by atoms with Gasteiger partial charge in [0.1, 0.15) is 11.5 Å². The normalized spacial score (nSPS) is 11.3. The van der Waals surface area contributed by atoms with Crippen molar-refractivity contribution in [2.75, 3.05) is 16.0 Å². The van der Waals surface area contributed by atoms with Crippen LogP contribution in [0.25, 0.3) is 0 Å². The number of hydrogen-bond donors (Lipinski definition) is 3. The van der Waals surface area contributed by atoms with Crippen LogP contribution >= 0.6 is 24.0 Å². The number of carbonyl (C=O) groups is 1. The third-order valence-corrected chi connectivity index (χ3v) is 6.48. The Bertz CT molecular complexity index is 1310. The van der Waals surface area contributed by atoms with Crippen molar-refractivity contribution in [1.82, 2.24) is 0 Å². The third kappa shape index (κ3) is 7.60. The Balaban J connectivity index is 1.29. The number of hydrogen-bond acceptors (Lipinski definition) is 4. The summed E-state index contributed by atoms with van der Waals surface area (Å²) in [7, 11) is 0. The van der Waals surface area contributed by atoms with E-state index in [1.807, 2.05) is 117 Å². The number of benzene rings is 4. The molecular weight excluding hydrogens is 486 g/mol. The fraction of sp³-hybridized carbons (Fsp3) is 0.103. The highest BCUT2D eigenvalue weighted by Gasteiger charge is 2.15. The molecule has 0 aliphatic carbocycles. The maximum absolute atomic E-state index is 12.8. The number of thiocarbonyl (C=S) groups is 1. The number of aryl methyl sites for hydroxylation is 1. The summed E-state index contributed by atoms with van der Waals surface area (Å²) >= 11 is 6.92. The lowest BCUT2D eigenvalue weighted by Crippen LogP contribution is -2.22. The second kappa shape index (κ2) is 12.2. The lowest BCUT2D eigenvalue weighted by molar-refractivity contribution is -0.115. The van der Waals surface area contributed by atoms with Crippen LogP contribution in [0.2, 0.25) is 0 Å². The topological polar surface area (TPSA) is 62.4 Å². The predicted octanol–water partition coefficient (Wildman–Crippen LogP) is 7.72. The quantitative estimate of drug-likeness (QED) is 0.166. The largest absolute Gasteiger partial charge is 0.457 e. The van der Waals surface area contributed by atoms with E-state index in [4.69, 9.17) is 17.0 Å². The molecule has 3 N–H and O–H groups in total. The van der Waals surface area contributed by atoms with Crippen LogP contribution in [0.4, 0.5) is 17.1 Å². The van der Waals surface area contributed by atoms with Crippen molar-refractivity contribution in [3.8, 4) is 11.5 Å². The van der Waals surface area contributed by atoms with Crippen LogP contribution < -0.4 is 20.7 Å². The van der Waals surface area contributed by atoms with Gasteiger partial charge < -0.3 is 20.7 Å². The Morgan fingerprint density at radius 1 is 0.750 bits per heavy atom. The van der Waals surface area contributed by atoms with Crippen molar-refractivity contribution in [2.45, 2.75) is 24.0 Å². The van der Waals surface area contributed by atoms with Gasteiger partial charge in [0.25, 0.3) is 0 Å². The molecule has 1 unspecified atom stereocenters. The molecule has 0 fully saturated rings. The number of rotatable bonds is 8. The van der Waals surface area contributed by atoms with E-state index in [2.05, 4.69) is 16.0 Å². The summed E-state index contributed by atoms with van der Waals surface area (Å²) in [5.41, 5.74) is 3.69.